The molecule has 1 aromatic carbocycles. The molecule has 0 amide bonds. The fourth-order valence-corrected chi connectivity index (χ4v) is 4.50. The van der Waals surface area contributed by atoms with Gasteiger partial charge in [0.25, 0.3) is 0 Å². The first-order valence-electron chi connectivity index (χ1n) is 8.33. The van der Waals surface area contributed by atoms with Crippen molar-refractivity contribution < 1.29 is 0 Å². The first-order valence-corrected chi connectivity index (χ1v) is 8.71. The molecule has 1 aliphatic carbocycles. The molecule has 1 heterocycles. The quantitative estimate of drug-likeness (QED) is 0.917. The molecule has 2 N–H and O–H groups in total. The Kier molecular flexibility index (Phi) is 4.58. The highest BCUT2D eigenvalue weighted by atomic mass is 35.5. The van der Waals surface area contributed by atoms with Crippen molar-refractivity contribution in [1.29, 1.82) is 0 Å². The van der Waals surface area contributed by atoms with E-state index in [0.29, 0.717) is 5.92 Å². The van der Waals surface area contributed by atoms with Crippen LogP contribution in [0.15, 0.2) is 18.2 Å². The van der Waals surface area contributed by atoms with E-state index in [1.165, 1.54) is 62.7 Å². The van der Waals surface area contributed by atoms with Crippen LogP contribution < -0.4 is 5.73 Å². The Balaban J connectivity index is 1.83. The Bertz CT molecular complexity index is 486. The van der Waals surface area contributed by atoms with Crippen LogP contribution in [0.2, 0.25) is 5.02 Å². The molecule has 1 aliphatic heterocycles. The lowest BCUT2D eigenvalue weighted by Gasteiger charge is -2.31. The second-order valence-corrected chi connectivity index (χ2v) is 7.41. The second-order valence-electron chi connectivity index (χ2n) is 7.01. The van der Waals surface area contributed by atoms with Crippen molar-refractivity contribution in [3.8, 4) is 0 Å². The molecule has 1 saturated carbocycles. The van der Waals surface area contributed by atoms with Crippen LogP contribution >= 0.6 is 11.6 Å². The molecular weight excluding hydrogens is 280 g/mol. The van der Waals surface area contributed by atoms with Gasteiger partial charge in [-0.25, -0.2) is 0 Å². The van der Waals surface area contributed by atoms with E-state index in [0.717, 1.165) is 11.6 Å². The third kappa shape index (κ3) is 2.99. The highest BCUT2D eigenvalue weighted by molar-refractivity contribution is 6.31. The second kappa shape index (κ2) is 6.28. The van der Waals surface area contributed by atoms with E-state index in [1.54, 1.807) is 0 Å². The summed E-state index contributed by atoms with van der Waals surface area (Å²) in [5, 5.41) is 0.960. The zero-order valence-corrected chi connectivity index (χ0v) is 13.8. The van der Waals surface area contributed by atoms with Crippen molar-refractivity contribution in [2.75, 3.05) is 26.7 Å². The van der Waals surface area contributed by atoms with Gasteiger partial charge < -0.3 is 10.6 Å². The van der Waals surface area contributed by atoms with Crippen molar-refractivity contribution >= 4 is 11.6 Å². The largest absolute Gasteiger partial charge is 0.330 e. The summed E-state index contributed by atoms with van der Waals surface area (Å²) < 4.78 is 0. The van der Waals surface area contributed by atoms with Crippen LogP contribution in [0.4, 0.5) is 0 Å². The monoisotopic (exact) mass is 306 g/mol. The average Bonchev–Trinajstić information content (AvgIpc) is 2.98. The lowest BCUT2D eigenvalue weighted by atomic mass is 9.78. The smallest absolute Gasteiger partial charge is 0.0443 e. The molecule has 0 aromatic heterocycles. The summed E-state index contributed by atoms with van der Waals surface area (Å²) in [6.07, 6.45) is 7.47. The van der Waals surface area contributed by atoms with Gasteiger partial charge in [-0.05, 0) is 68.9 Å². The molecule has 2 nitrogen and oxygen atoms in total. The van der Waals surface area contributed by atoms with Gasteiger partial charge in [0.15, 0.2) is 0 Å². The molecule has 0 radical (unpaired) electrons. The van der Waals surface area contributed by atoms with Crippen LogP contribution in [0.3, 0.4) is 0 Å². The van der Waals surface area contributed by atoms with E-state index in [4.69, 9.17) is 17.3 Å². The van der Waals surface area contributed by atoms with Crippen LogP contribution in [0, 0.1) is 0 Å². The van der Waals surface area contributed by atoms with E-state index >= 15 is 0 Å². The molecule has 1 aromatic rings. The summed E-state index contributed by atoms with van der Waals surface area (Å²) in [6, 6.07) is 6.80. The Hall–Kier alpha value is -0.570. The SMILES string of the molecule is CN1CCC(c2ccc(C3(CN)CCCC3)cc2Cl)CC1. The number of hydrogen-bond acceptors (Lipinski definition) is 2. The zero-order valence-electron chi connectivity index (χ0n) is 13.1. The number of nitrogens with two attached hydrogens (primary N) is 1. The first kappa shape index (κ1) is 15.3. The number of halogens is 1. The number of likely N-dealkylation sites (tertiary alicyclic amines) is 1. The fraction of sp³-hybridized carbons (Fsp3) is 0.667. The topological polar surface area (TPSA) is 29.3 Å². The summed E-state index contributed by atoms with van der Waals surface area (Å²) in [5.41, 5.74) is 9.00. The van der Waals surface area contributed by atoms with Gasteiger partial charge in [0.05, 0.1) is 0 Å². The molecule has 2 aliphatic rings. The minimum atomic E-state index is 0.189. The Morgan fingerprint density at radius 1 is 1.24 bits per heavy atom. The van der Waals surface area contributed by atoms with Gasteiger partial charge in [0.1, 0.15) is 0 Å². The van der Waals surface area contributed by atoms with Crippen molar-refractivity contribution in [3.63, 3.8) is 0 Å². The van der Waals surface area contributed by atoms with Gasteiger partial charge >= 0.3 is 0 Å². The molecule has 21 heavy (non-hydrogen) atoms. The molecule has 116 valence electrons. The van der Waals surface area contributed by atoms with Crippen molar-refractivity contribution in [2.45, 2.75) is 49.9 Å². The van der Waals surface area contributed by atoms with E-state index in [2.05, 4.69) is 30.1 Å². The van der Waals surface area contributed by atoms with Crippen molar-refractivity contribution in [2.24, 2.45) is 5.73 Å². The molecule has 0 atom stereocenters. The standard InChI is InChI=1S/C18H27ClN2/c1-21-10-6-14(7-11-21)16-5-4-15(12-17(16)19)18(13-20)8-2-3-9-18/h4-5,12,14H,2-3,6-11,13,20H2,1H3. The number of hydrogen-bond donors (Lipinski definition) is 1. The van der Waals surface area contributed by atoms with Crippen molar-refractivity contribution in [1.82, 2.24) is 4.90 Å². The summed E-state index contributed by atoms with van der Waals surface area (Å²) in [4.78, 5) is 2.40. The van der Waals surface area contributed by atoms with Gasteiger partial charge in [-0.2, -0.15) is 0 Å². The van der Waals surface area contributed by atoms with Crippen LogP contribution in [0.25, 0.3) is 0 Å². The van der Waals surface area contributed by atoms with Gasteiger partial charge in [-0.1, -0.05) is 36.6 Å². The number of benzene rings is 1. The molecule has 0 bridgehead atoms. The molecule has 0 unspecified atom stereocenters. The molecule has 3 rings (SSSR count). The maximum Gasteiger partial charge on any atom is 0.0443 e. The minimum Gasteiger partial charge on any atom is -0.330 e. The third-order valence-corrected chi connectivity index (χ3v) is 6.05. The fourth-order valence-electron chi connectivity index (χ4n) is 4.17. The number of piperidine rings is 1. The Morgan fingerprint density at radius 2 is 1.90 bits per heavy atom. The van der Waals surface area contributed by atoms with Gasteiger partial charge in [0, 0.05) is 17.0 Å². The lowest BCUT2D eigenvalue weighted by Crippen LogP contribution is -2.32. The number of rotatable bonds is 3. The Labute approximate surface area is 133 Å². The summed E-state index contributed by atoms with van der Waals surface area (Å²) in [7, 11) is 2.20. The van der Waals surface area contributed by atoms with Crippen LogP contribution in [-0.2, 0) is 5.41 Å². The summed E-state index contributed by atoms with van der Waals surface area (Å²) >= 11 is 6.64. The predicted molar refractivity (Wildman–Crippen MR) is 90.1 cm³/mol. The highest BCUT2D eigenvalue weighted by Gasteiger charge is 2.34. The third-order valence-electron chi connectivity index (χ3n) is 5.72. The van der Waals surface area contributed by atoms with E-state index in [9.17, 15) is 0 Å². The predicted octanol–water partition coefficient (Wildman–Crippen LogP) is 3.92. The van der Waals surface area contributed by atoms with Crippen LogP contribution in [0.1, 0.15) is 55.6 Å². The molecule has 0 spiro atoms. The molecule has 2 fully saturated rings. The van der Waals surface area contributed by atoms with Crippen LogP contribution in [-0.4, -0.2) is 31.6 Å². The minimum absolute atomic E-state index is 0.189. The lowest BCUT2D eigenvalue weighted by molar-refractivity contribution is 0.255. The molecule has 3 heteroatoms. The average molecular weight is 307 g/mol. The Morgan fingerprint density at radius 3 is 2.48 bits per heavy atom. The molecule has 1 saturated heterocycles. The normalized spacial score (nSPS) is 23.6. The van der Waals surface area contributed by atoms with Gasteiger partial charge in [0.2, 0.25) is 0 Å². The van der Waals surface area contributed by atoms with Crippen LogP contribution in [0.5, 0.6) is 0 Å². The zero-order chi connectivity index (χ0) is 14.9. The van der Waals surface area contributed by atoms with Gasteiger partial charge in [-0.3, -0.25) is 0 Å². The maximum atomic E-state index is 6.64. The van der Waals surface area contributed by atoms with Crippen molar-refractivity contribution in [3.05, 3.63) is 34.3 Å². The number of nitrogens with zero attached hydrogens (tertiary/aromatic N) is 1. The maximum absolute atomic E-state index is 6.64. The molecular formula is C18H27ClN2. The van der Waals surface area contributed by atoms with E-state index < -0.39 is 0 Å². The highest BCUT2D eigenvalue weighted by Crippen LogP contribution is 2.42. The summed E-state index contributed by atoms with van der Waals surface area (Å²) in [5.74, 6) is 0.625. The summed E-state index contributed by atoms with van der Waals surface area (Å²) in [6.45, 7) is 3.10. The van der Waals surface area contributed by atoms with E-state index in [1.807, 2.05) is 0 Å². The van der Waals surface area contributed by atoms with Gasteiger partial charge in [-0.15, -0.1) is 0 Å². The van der Waals surface area contributed by atoms with E-state index in [-0.39, 0.29) is 5.41 Å². The first-order chi connectivity index (χ1) is 10.1.